The molecule has 0 aromatic heterocycles. The lowest BCUT2D eigenvalue weighted by molar-refractivity contribution is -0.140. The fraction of sp³-hybridized carbons (Fsp3) is 0.818. The highest BCUT2D eigenvalue weighted by Gasteiger charge is 2.24. The number of hydrogen-bond donors (Lipinski definition) is 3. The summed E-state index contributed by atoms with van der Waals surface area (Å²) in [5.41, 5.74) is 0. The van der Waals surface area contributed by atoms with Crippen molar-refractivity contribution in [3.05, 3.63) is 0 Å². The van der Waals surface area contributed by atoms with Crippen LogP contribution in [0.4, 0.5) is 4.79 Å². The third-order valence-electron chi connectivity index (χ3n) is 2.58. The van der Waals surface area contributed by atoms with Crippen molar-refractivity contribution < 1.29 is 14.7 Å². The molecule has 0 aliphatic rings. The van der Waals surface area contributed by atoms with Crippen molar-refractivity contribution >= 4 is 23.8 Å². The van der Waals surface area contributed by atoms with E-state index in [0.717, 1.165) is 12.2 Å². The molecule has 17 heavy (non-hydrogen) atoms. The van der Waals surface area contributed by atoms with Crippen LogP contribution in [0.3, 0.4) is 0 Å². The third kappa shape index (κ3) is 7.10. The van der Waals surface area contributed by atoms with Crippen LogP contribution >= 0.6 is 11.8 Å². The summed E-state index contributed by atoms with van der Waals surface area (Å²) in [4.78, 5) is 22.4. The van der Waals surface area contributed by atoms with Gasteiger partial charge in [-0.1, -0.05) is 20.3 Å². The van der Waals surface area contributed by atoms with Crippen molar-refractivity contribution in [3.63, 3.8) is 0 Å². The molecule has 0 bridgehead atoms. The van der Waals surface area contributed by atoms with Crippen LogP contribution in [0.5, 0.6) is 0 Å². The first-order chi connectivity index (χ1) is 8.02. The third-order valence-corrected chi connectivity index (χ3v) is 3.27. The first-order valence-corrected chi connectivity index (χ1v) is 7.18. The zero-order valence-electron chi connectivity index (χ0n) is 10.7. The van der Waals surface area contributed by atoms with E-state index in [9.17, 15) is 9.59 Å². The maximum atomic E-state index is 11.4. The second kappa shape index (κ2) is 9.15. The van der Waals surface area contributed by atoms with Gasteiger partial charge < -0.3 is 15.7 Å². The van der Waals surface area contributed by atoms with Crippen LogP contribution in [0.2, 0.25) is 0 Å². The Morgan fingerprint density at radius 3 is 2.53 bits per heavy atom. The highest BCUT2D eigenvalue weighted by molar-refractivity contribution is 7.98. The molecule has 0 aromatic rings. The average Bonchev–Trinajstić information content (AvgIpc) is 2.30. The molecular formula is C11H22N2O3S. The molecule has 0 saturated heterocycles. The molecule has 0 aliphatic heterocycles. The van der Waals surface area contributed by atoms with E-state index in [4.69, 9.17) is 5.11 Å². The van der Waals surface area contributed by atoms with Crippen molar-refractivity contribution in [2.45, 2.75) is 32.7 Å². The Bertz CT molecular complexity index is 249. The van der Waals surface area contributed by atoms with E-state index < -0.39 is 18.0 Å². The van der Waals surface area contributed by atoms with E-state index in [1.807, 2.05) is 20.1 Å². The zero-order valence-corrected chi connectivity index (χ0v) is 11.5. The predicted octanol–water partition coefficient (Wildman–Crippen LogP) is 1.54. The smallest absolute Gasteiger partial charge is 0.326 e. The number of rotatable bonds is 8. The summed E-state index contributed by atoms with van der Waals surface area (Å²) in [6.07, 6.45) is 3.60. The normalized spacial score (nSPS) is 13.8. The fourth-order valence-electron chi connectivity index (χ4n) is 1.29. The minimum atomic E-state index is -0.987. The number of carbonyl (C=O) groups excluding carboxylic acids is 1. The van der Waals surface area contributed by atoms with Gasteiger partial charge in [-0.25, -0.2) is 9.59 Å². The van der Waals surface area contributed by atoms with Crippen LogP contribution in [-0.2, 0) is 4.79 Å². The molecule has 0 heterocycles. The van der Waals surface area contributed by atoms with Gasteiger partial charge in [0.05, 0.1) is 0 Å². The van der Waals surface area contributed by atoms with Gasteiger partial charge in [0.25, 0.3) is 0 Å². The number of aliphatic carboxylic acids is 1. The van der Waals surface area contributed by atoms with Crippen molar-refractivity contribution in [2.75, 3.05) is 18.6 Å². The largest absolute Gasteiger partial charge is 0.480 e. The lowest BCUT2D eigenvalue weighted by atomic mass is 9.99. The lowest BCUT2D eigenvalue weighted by Crippen LogP contribution is -2.49. The van der Waals surface area contributed by atoms with E-state index in [2.05, 4.69) is 10.6 Å². The van der Waals surface area contributed by atoms with E-state index >= 15 is 0 Å². The van der Waals surface area contributed by atoms with Gasteiger partial charge in [0.2, 0.25) is 0 Å². The van der Waals surface area contributed by atoms with Gasteiger partial charge >= 0.3 is 12.0 Å². The number of carboxylic acid groups (broad SMARTS) is 1. The minimum Gasteiger partial charge on any atom is -0.480 e. The van der Waals surface area contributed by atoms with Gasteiger partial charge in [-0.15, -0.1) is 0 Å². The minimum absolute atomic E-state index is 0.0792. The molecule has 5 nitrogen and oxygen atoms in total. The Morgan fingerprint density at radius 1 is 1.41 bits per heavy atom. The molecule has 0 radical (unpaired) electrons. The Labute approximate surface area is 107 Å². The Morgan fingerprint density at radius 2 is 2.06 bits per heavy atom. The van der Waals surface area contributed by atoms with Crippen LogP contribution < -0.4 is 10.6 Å². The highest BCUT2D eigenvalue weighted by atomic mass is 32.2. The number of carboxylic acids is 1. The van der Waals surface area contributed by atoms with Gasteiger partial charge in [-0.2, -0.15) is 11.8 Å². The average molecular weight is 262 g/mol. The summed E-state index contributed by atoms with van der Waals surface area (Å²) in [5.74, 6) is -0.0864. The van der Waals surface area contributed by atoms with Crippen molar-refractivity contribution in [3.8, 4) is 0 Å². The maximum absolute atomic E-state index is 11.4. The molecule has 0 fully saturated rings. The Kier molecular flexibility index (Phi) is 8.66. The lowest BCUT2D eigenvalue weighted by Gasteiger charge is -2.20. The molecule has 0 aliphatic carbocycles. The van der Waals surface area contributed by atoms with Crippen LogP contribution in [0.15, 0.2) is 0 Å². The molecule has 0 saturated carbocycles. The summed E-state index contributed by atoms with van der Waals surface area (Å²) < 4.78 is 0. The van der Waals surface area contributed by atoms with Crippen LogP contribution in [0, 0.1) is 5.92 Å². The van der Waals surface area contributed by atoms with Crippen molar-refractivity contribution in [1.82, 2.24) is 10.6 Å². The first-order valence-electron chi connectivity index (χ1n) is 5.79. The standard InChI is InChI=1S/C11H22N2O3S/c1-4-8(2)9(10(14)15)13-11(16)12-6-5-7-17-3/h8-9H,4-7H2,1-3H3,(H,14,15)(H2,12,13,16)/t8-,9-/m0/s1. The number of thioether (sulfide) groups is 1. The molecule has 0 rings (SSSR count). The Balaban J connectivity index is 4.00. The summed E-state index contributed by atoms with van der Waals surface area (Å²) in [5, 5.41) is 14.1. The van der Waals surface area contributed by atoms with Gasteiger partial charge in [-0.05, 0) is 24.3 Å². The van der Waals surface area contributed by atoms with E-state index in [1.54, 1.807) is 11.8 Å². The van der Waals surface area contributed by atoms with Gasteiger partial charge in [-0.3, -0.25) is 0 Å². The molecular weight excluding hydrogens is 240 g/mol. The Hall–Kier alpha value is -0.910. The molecule has 0 spiro atoms. The molecule has 0 unspecified atom stereocenters. The van der Waals surface area contributed by atoms with Crippen molar-refractivity contribution in [2.24, 2.45) is 5.92 Å². The van der Waals surface area contributed by atoms with E-state index in [0.29, 0.717) is 13.0 Å². The fourth-order valence-corrected chi connectivity index (χ4v) is 1.73. The van der Waals surface area contributed by atoms with E-state index in [1.165, 1.54) is 0 Å². The molecule has 3 N–H and O–H groups in total. The van der Waals surface area contributed by atoms with Crippen molar-refractivity contribution in [1.29, 1.82) is 0 Å². The highest BCUT2D eigenvalue weighted by Crippen LogP contribution is 2.07. The summed E-state index contributed by atoms with van der Waals surface area (Å²) in [7, 11) is 0. The quantitative estimate of drug-likeness (QED) is 0.580. The monoisotopic (exact) mass is 262 g/mol. The first kappa shape index (κ1) is 16.1. The molecule has 0 aromatic carbocycles. The number of amides is 2. The molecule has 6 heteroatoms. The number of urea groups is 1. The second-order valence-electron chi connectivity index (χ2n) is 3.95. The topological polar surface area (TPSA) is 78.4 Å². The maximum Gasteiger partial charge on any atom is 0.326 e. The molecule has 2 amide bonds. The summed E-state index contributed by atoms with van der Waals surface area (Å²) in [6, 6.07) is -1.22. The summed E-state index contributed by atoms with van der Waals surface area (Å²) >= 11 is 1.71. The number of hydrogen-bond acceptors (Lipinski definition) is 3. The second-order valence-corrected chi connectivity index (χ2v) is 4.93. The number of carbonyl (C=O) groups is 2. The van der Waals surface area contributed by atoms with Gasteiger partial charge in [0, 0.05) is 6.54 Å². The van der Waals surface area contributed by atoms with Crippen LogP contribution in [0.1, 0.15) is 26.7 Å². The zero-order chi connectivity index (χ0) is 13.3. The van der Waals surface area contributed by atoms with Crippen LogP contribution in [0.25, 0.3) is 0 Å². The van der Waals surface area contributed by atoms with E-state index in [-0.39, 0.29) is 5.92 Å². The van der Waals surface area contributed by atoms with Gasteiger partial charge in [0.15, 0.2) is 0 Å². The van der Waals surface area contributed by atoms with Gasteiger partial charge in [0.1, 0.15) is 6.04 Å². The predicted molar refractivity (Wildman–Crippen MR) is 70.4 cm³/mol. The number of nitrogens with one attached hydrogen (secondary N) is 2. The molecule has 2 atom stereocenters. The SMILES string of the molecule is CC[C@H](C)[C@H](NC(=O)NCCCSC)C(=O)O. The van der Waals surface area contributed by atoms with Crippen LogP contribution in [-0.4, -0.2) is 41.7 Å². The molecule has 100 valence electrons. The summed E-state index contributed by atoms with van der Waals surface area (Å²) in [6.45, 7) is 4.28.